The molecular weight excluding hydrogens is 478 g/mol. The summed E-state index contributed by atoms with van der Waals surface area (Å²) < 4.78 is 10.9. The fraction of sp³-hybridized carbons (Fsp3) is 0.226. The molecule has 0 radical (unpaired) electrons. The summed E-state index contributed by atoms with van der Waals surface area (Å²) in [6.07, 6.45) is 2.39. The third-order valence-corrected chi connectivity index (χ3v) is 7.63. The summed E-state index contributed by atoms with van der Waals surface area (Å²) in [7, 11) is 3.25. The van der Waals surface area contributed by atoms with Crippen LogP contribution in [0.15, 0.2) is 83.8 Å². The van der Waals surface area contributed by atoms with E-state index < -0.39 is 0 Å². The van der Waals surface area contributed by atoms with Crippen LogP contribution in [-0.4, -0.2) is 36.6 Å². The van der Waals surface area contributed by atoms with Crippen molar-refractivity contribution in [2.24, 2.45) is 0 Å². The van der Waals surface area contributed by atoms with Crippen molar-refractivity contribution in [3.8, 4) is 11.5 Å². The summed E-state index contributed by atoms with van der Waals surface area (Å²) in [6.45, 7) is 1.13. The molecule has 1 aromatic heterocycles. The molecule has 0 fully saturated rings. The van der Waals surface area contributed by atoms with Crippen LogP contribution in [0.2, 0.25) is 0 Å². The van der Waals surface area contributed by atoms with Crippen LogP contribution < -0.4 is 20.3 Å². The summed E-state index contributed by atoms with van der Waals surface area (Å²) in [6, 6.07) is 23.4. The molecule has 7 nitrogen and oxygen atoms in total. The van der Waals surface area contributed by atoms with E-state index in [1.54, 1.807) is 20.4 Å². The molecule has 2 aliphatic rings. The molecule has 0 aliphatic carbocycles. The summed E-state index contributed by atoms with van der Waals surface area (Å²) in [5.74, 6) is 1.25. The van der Waals surface area contributed by atoms with Gasteiger partial charge in [0.2, 0.25) is 0 Å². The molecule has 192 valence electrons. The molecule has 0 saturated heterocycles. The first-order valence-corrected chi connectivity index (χ1v) is 12.7. The van der Waals surface area contributed by atoms with Gasteiger partial charge in [0.25, 0.3) is 11.5 Å². The van der Waals surface area contributed by atoms with Crippen molar-refractivity contribution in [3.05, 3.63) is 123 Å². The summed E-state index contributed by atoms with van der Waals surface area (Å²) in [4.78, 5) is 31.1. The molecule has 4 aromatic rings. The van der Waals surface area contributed by atoms with E-state index in [0.717, 1.165) is 28.8 Å². The molecule has 2 unspecified atom stereocenters. The number of anilines is 1. The van der Waals surface area contributed by atoms with Crippen molar-refractivity contribution < 1.29 is 14.3 Å². The van der Waals surface area contributed by atoms with Gasteiger partial charge in [0.1, 0.15) is 0 Å². The molecular formula is C31H29N3O4. The van der Waals surface area contributed by atoms with Crippen LogP contribution in [0, 0.1) is 0 Å². The number of H-pyrrole nitrogens is 1. The maximum atomic E-state index is 13.7. The number of aromatic amines is 1. The second-order valence-corrected chi connectivity index (χ2v) is 9.72. The third-order valence-electron chi connectivity index (χ3n) is 7.63. The van der Waals surface area contributed by atoms with Gasteiger partial charge in [-0.3, -0.25) is 9.59 Å². The fourth-order valence-electron chi connectivity index (χ4n) is 5.72. The van der Waals surface area contributed by atoms with Gasteiger partial charge in [0.05, 0.1) is 20.3 Å². The van der Waals surface area contributed by atoms with Crippen molar-refractivity contribution in [1.29, 1.82) is 0 Å². The molecule has 0 spiro atoms. The summed E-state index contributed by atoms with van der Waals surface area (Å²) in [5.41, 5.74) is 6.46. The summed E-state index contributed by atoms with van der Waals surface area (Å²) in [5, 5.41) is 3.55. The Morgan fingerprint density at radius 3 is 2.39 bits per heavy atom. The number of aromatic nitrogens is 1. The van der Waals surface area contributed by atoms with Crippen molar-refractivity contribution in [2.75, 3.05) is 26.1 Å². The minimum atomic E-state index is -0.244. The van der Waals surface area contributed by atoms with Gasteiger partial charge in [-0.2, -0.15) is 0 Å². The SMILES string of the molecule is COc1cc2c(cc1OC)CN(C(=O)c1ccc3c(c1)C(c1ccccc1)C(c1ccc[nH]c1=O)N3)CC2. The van der Waals surface area contributed by atoms with E-state index in [1.807, 2.05) is 65.6 Å². The van der Waals surface area contributed by atoms with E-state index in [4.69, 9.17) is 9.47 Å². The molecule has 38 heavy (non-hydrogen) atoms. The normalized spacial score (nSPS) is 17.8. The smallest absolute Gasteiger partial charge is 0.254 e. The molecule has 0 saturated carbocycles. The average Bonchev–Trinajstić information content (AvgIpc) is 3.34. The van der Waals surface area contributed by atoms with E-state index in [2.05, 4.69) is 22.4 Å². The quantitative estimate of drug-likeness (QED) is 0.402. The number of ether oxygens (including phenoxy) is 2. The number of hydrogen-bond acceptors (Lipinski definition) is 5. The predicted molar refractivity (Wildman–Crippen MR) is 146 cm³/mol. The van der Waals surface area contributed by atoms with Crippen molar-refractivity contribution in [3.63, 3.8) is 0 Å². The highest BCUT2D eigenvalue weighted by molar-refractivity contribution is 5.95. The molecule has 3 aromatic carbocycles. The van der Waals surface area contributed by atoms with Crippen molar-refractivity contribution >= 4 is 11.6 Å². The molecule has 0 bridgehead atoms. The van der Waals surface area contributed by atoms with E-state index >= 15 is 0 Å². The first-order chi connectivity index (χ1) is 18.6. The molecule has 2 N–H and O–H groups in total. The van der Waals surface area contributed by atoms with Gasteiger partial charge < -0.3 is 24.7 Å². The second-order valence-electron chi connectivity index (χ2n) is 9.72. The largest absolute Gasteiger partial charge is 0.493 e. The fourth-order valence-corrected chi connectivity index (χ4v) is 5.72. The zero-order valence-corrected chi connectivity index (χ0v) is 21.4. The number of methoxy groups -OCH3 is 2. The molecule has 2 atom stereocenters. The Labute approximate surface area is 221 Å². The maximum Gasteiger partial charge on any atom is 0.254 e. The average molecular weight is 508 g/mol. The van der Waals surface area contributed by atoms with Gasteiger partial charge in [0.15, 0.2) is 11.5 Å². The van der Waals surface area contributed by atoms with Crippen molar-refractivity contribution in [2.45, 2.75) is 24.9 Å². The molecule has 7 heteroatoms. The topological polar surface area (TPSA) is 83.7 Å². The van der Waals surface area contributed by atoms with Gasteiger partial charge >= 0.3 is 0 Å². The number of carbonyl (C=O) groups is 1. The van der Waals surface area contributed by atoms with Crippen LogP contribution in [0.4, 0.5) is 5.69 Å². The van der Waals surface area contributed by atoms with Crippen LogP contribution in [0.5, 0.6) is 11.5 Å². The van der Waals surface area contributed by atoms with E-state index in [1.165, 1.54) is 5.56 Å². The molecule has 2 aliphatic heterocycles. The zero-order chi connectivity index (χ0) is 26.2. The van der Waals surface area contributed by atoms with Crippen LogP contribution in [0.25, 0.3) is 0 Å². The van der Waals surface area contributed by atoms with Gasteiger partial charge in [-0.05, 0) is 71.1 Å². The highest BCUT2D eigenvalue weighted by Crippen LogP contribution is 2.47. The number of carbonyl (C=O) groups excluding carboxylic acids is 1. The van der Waals surface area contributed by atoms with Crippen LogP contribution in [0.3, 0.4) is 0 Å². The number of pyridine rings is 1. The first kappa shape index (κ1) is 23.9. The van der Waals surface area contributed by atoms with Gasteiger partial charge in [-0.15, -0.1) is 0 Å². The number of benzene rings is 3. The minimum Gasteiger partial charge on any atom is -0.493 e. The lowest BCUT2D eigenvalue weighted by Gasteiger charge is -2.30. The first-order valence-electron chi connectivity index (χ1n) is 12.7. The Hall–Kier alpha value is -4.52. The van der Waals surface area contributed by atoms with Gasteiger partial charge in [-0.1, -0.05) is 30.3 Å². The monoisotopic (exact) mass is 507 g/mol. The highest BCUT2D eigenvalue weighted by atomic mass is 16.5. The lowest BCUT2D eigenvalue weighted by molar-refractivity contribution is 0.0734. The number of nitrogens with one attached hydrogen (secondary N) is 2. The number of rotatable bonds is 5. The molecule has 3 heterocycles. The molecule has 1 amide bonds. The zero-order valence-electron chi connectivity index (χ0n) is 21.4. The number of amides is 1. The third kappa shape index (κ3) is 4.10. The Balaban J connectivity index is 1.34. The Morgan fingerprint density at radius 2 is 1.66 bits per heavy atom. The maximum absolute atomic E-state index is 13.7. The Bertz CT molecular complexity index is 1560. The number of fused-ring (bicyclic) bond motifs is 2. The second kappa shape index (κ2) is 9.74. The van der Waals surface area contributed by atoms with Crippen molar-refractivity contribution in [1.82, 2.24) is 9.88 Å². The van der Waals surface area contributed by atoms with Crippen LogP contribution in [0.1, 0.15) is 50.1 Å². The number of hydrogen-bond donors (Lipinski definition) is 2. The van der Waals surface area contributed by atoms with E-state index in [0.29, 0.717) is 35.7 Å². The van der Waals surface area contributed by atoms with Gasteiger partial charge in [0, 0.05) is 42.0 Å². The minimum absolute atomic E-state index is 0.0129. The highest BCUT2D eigenvalue weighted by Gasteiger charge is 2.36. The van der Waals surface area contributed by atoms with Gasteiger partial charge in [-0.25, -0.2) is 0 Å². The van der Waals surface area contributed by atoms with Crippen LogP contribution >= 0.6 is 0 Å². The van der Waals surface area contributed by atoms with E-state index in [-0.39, 0.29) is 23.4 Å². The lowest BCUT2D eigenvalue weighted by atomic mass is 9.84. The molecule has 6 rings (SSSR count). The standard InChI is InChI=1S/C31H29N3O4/c1-37-26-16-20-12-14-34(18-22(20)17-27(26)38-2)31(36)21-10-11-25-24(15-21)28(19-7-4-3-5-8-19)29(33-25)23-9-6-13-32-30(23)35/h3-11,13,15-17,28-29,33H,12,14,18H2,1-2H3,(H,32,35). The number of nitrogens with zero attached hydrogens (tertiary/aromatic N) is 1. The van der Waals surface area contributed by atoms with E-state index in [9.17, 15) is 9.59 Å². The summed E-state index contributed by atoms with van der Waals surface area (Å²) >= 11 is 0. The Kier molecular flexibility index (Phi) is 6.12. The lowest BCUT2D eigenvalue weighted by Crippen LogP contribution is -2.36. The van der Waals surface area contributed by atoms with Crippen LogP contribution in [-0.2, 0) is 13.0 Å². The Morgan fingerprint density at radius 1 is 0.895 bits per heavy atom. The predicted octanol–water partition coefficient (Wildman–Crippen LogP) is 4.89.